The number of nitrogens with zero attached hydrogens (tertiary/aromatic N) is 4. The van der Waals surface area contributed by atoms with Crippen molar-refractivity contribution in [3.05, 3.63) is 111 Å². The summed E-state index contributed by atoms with van der Waals surface area (Å²) in [4.78, 5) is 28.8. The van der Waals surface area contributed by atoms with Crippen molar-refractivity contribution < 1.29 is 9.66 Å². The molecule has 0 radical (unpaired) electrons. The van der Waals surface area contributed by atoms with Crippen molar-refractivity contribution in [1.82, 2.24) is 9.66 Å². The van der Waals surface area contributed by atoms with E-state index >= 15 is 0 Å². The van der Waals surface area contributed by atoms with Crippen molar-refractivity contribution in [1.29, 1.82) is 0 Å². The van der Waals surface area contributed by atoms with E-state index < -0.39 is 4.92 Å². The maximum Gasteiger partial charge on any atom is 0.311 e. The molecule has 0 fully saturated rings. The van der Waals surface area contributed by atoms with Crippen molar-refractivity contribution in [2.24, 2.45) is 5.10 Å². The van der Waals surface area contributed by atoms with E-state index in [1.807, 2.05) is 36.4 Å². The summed E-state index contributed by atoms with van der Waals surface area (Å²) in [6, 6.07) is 20.7. The summed E-state index contributed by atoms with van der Waals surface area (Å²) < 4.78 is 6.72. The van der Waals surface area contributed by atoms with Crippen LogP contribution in [0.2, 0.25) is 0 Å². The number of fused-ring (bicyclic) bond motifs is 1. The summed E-state index contributed by atoms with van der Waals surface area (Å²) >= 11 is 0. The lowest BCUT2D eigenvalue weighted by Gasteiger charge is -2.10. The number of ether oxygens (including phenoxy) is 1. The van der Waals surface area contributed by atoms with Crippen LogP contribution in [0.15, 0.2) is 95.3 Å². The molecule has 0 aliphatic heterocycles. The van der Waals surface area contributed by atoms with Gasteiger partial charge in [0.1, 0.15) is 6.61 Å². The highest BCUT2D eigenvalue weighted by Gasteiger charge is 2.18. The van der Waals surface area contributed by atoms with E-state index in [4.69, 9.17) is 4.74 Å². The standard InChI is InChI=1S/C24H18N4O4/c1-2-15-32-22-18(11-8-14-21(22)28(30)31)16-25-27-23(17-9-4-3-5-10-17)26-20-13-7-6-12-19(20)24(27)29/h2-14,16H,1,15H2. The predicted molar refractivity (Wildman–Crippen MR) is 123 cm³/mol. The predicted octanol–water partition coefficient (Wildman–Crippen LogP) is 4.42. The monoisotopic (exact) mass is 426 g/mol. The summed E-state index contributed by atoms with van der Waals surface area (Å²) in [5.74, 6) is 0.397. The fourth-order valence-electron chi connectivity index (χ4n) is 3.21. The molecule has 3 aromatic carbocycles. The Morgan fingerprint density at radius 3 is 2.56 bits per heavy atom. The molecule has 0 spiro atoms. The lowest BCUT2D eigenvalue weighted by Crippen LogP contribution is -2.20. The molecule has 32 heavy (non-hydrogen) atoms. The minimum Gasteiger partial charge on any atom is -0.482 e. The van der Waals surface area contributed by atoms with Crippen LogP contribution in [-0.2, 0) is 0 Å². The molecule has 0 saturated heterocycles. The lowest BCUT2D eigenvalue weighted by molar-refractivity contribution is -0.385. The zero-order valence-electron chi connectivity index (χ0n) is 16.9. The Morgan fingerprint density at radius 2 is 1.81 bits per heavy atom. The quantitative estimate of drug-likeness (QED) is 0.188. The molecule has 0 aliphatic carbocycles. The van der Waals surface area contributed by atoms with Gasteiger partial charge >= 0.3 is 5.69 Å². The Kier molecular flexibility index (Phi) is 5.85. The molecule has 0 bridgehead atoms. The topological polar surface area (TPSA) is 99.6 Å². The molecule has 1 aromatic heterocycles. The second-order valence-corrected chi connectivity index (χ2v) is 6.73. The smallest absolute Gasteiger partial charge is 0.311 e. The number of benzene rings is 3. The molecule has 0 saturated carbocycles. The highest BCUT2D eigenvalue weighted by molar-refractivity contribution is 5.86. The summed E-state index contributed by atoms with van der Waals surface area (Å²) in [7, 11) is 0. The van der Waals surface area contributed by atoms with Gasteiger partial charge in [0.2, 0.25) is 5.75 Å². The average Bonchev–Trinajstić information content (AvgIpc) is 2.82. The van der Waals surface area contributed by atoms with Crippen LogP contribution in [0, 0.1) is 10.1 Å². The van der Waals surface area contributed by atoms with Gasteiger partial charge in [0, 0.05) is 17.2 Å². The van der Waals surface area contributed by atoms with Crippen LogP contribution in [-0.4, -0.2) is 27.4 Å². The van der Waals surface area contributed by atoms with Gasteiger partial charge in [0.25, 0.3) is 5.56 Å². The van der Waals surface area contributed by atoms with Crippen molar-refractivity contribution in [3.63, 3.8) is 0 Å². The van der Waals surface area contributed by atoms with Crippen LogP contribution < -0.4 is 10.3 Å². The first-order valence-corrected chi connectivity index (χ1v) is 9.73. The lowest BCUT2D eigenvalue weighted by atomic mass is 10.2. The Bertz CT molecular complexity index is 1390. The summed E-state index contributed by atoms with van der Waals surface area (Å²) in [6.45, 7) is 3.66. The minimum atomic E-state index is -0.533. The van der Waals surface area contributed by atoms with Gasteiger partial charge in [-0.2, -0.15) is 9.78 Å². The second-order valence-electron chi connectivity index (χ2n) is 6.73. The number of nitro groups is 1. The van der Waals surface area contributed by atoms with Crippen molar-refractivity contribution >= 4 is 22.8 Å². The molecule has 8 nitrogen and oxygen atoms in total. The molecule has 0 unspecified atom stereocenters. The zero-order chi connectivity index (χ0) is 22.5. The first kappa shape index (κ1) is 20.7. The van der Waals surface area contributed by atoms with Crippen LogP contribution in [0.1, 0.15) is 5.56 Å². The first-order valence-electron chi connectivity index (χ1n) is 9.73. The van der Waals surface area contributed by atoms with E-state index in [0.29, 0.717) is 27.9 Å². The van der Waals surface area contributed by atoms with E-state index in [-0.39, 0.29) is 23.6 Å². The maximum absolute atomic E-state index is 13.2. The summed E-state index contributed by atoms with van der Waals surface area (Å²) in [5, 5.41) is 16.2. The molecule has 0 atom stereocenters. The normalized spacial score (nSPS) is 11.0. The molecule has 0 N–H and O–H groups in total. The van der Waals surface area contributed by atoms with Crippen LogP contribution in [0.25, 0.3) is 22.3 Å². The molecule has 0 aliphatic rings. The van der Waals surface area contributed by atoms with Crippen LogP contribution in [0.3, 0.4) is 0 Å². The van der Waals surface area contributed by atoms with E-state index in [1.54, 1.807) is 24.3 Å². The van der Waals surface area contributed by atoms with Gasteiger partial charge in [-0.15, -0.1) is 0 Å². The number of para-hydroxylation sites is 2. The fourth-order valence-corrected chi connectivity index (χ4v) is 3.21. The maximum atomic E-state index is 13.2. The Labute approximate surface area is 182 Å². The van der Waals surface area contributed by atoms with Crippen LogP contribution in [0.4, 0.5) is 5.69 Å². The number of hydrogen-bond acceptors (Lipinski definition) is 6. The Balaban J connectivity index is 1.91. The van der Waals surface area contributed by atoms with Gasteiger partial charge in [-0.3, -0.25) is 14.9 Å². The second kappa shape index (κ2) is 9.05. The van der Waals surface area contributed by atoms with Crippen molar-refractivity contribution in [2.45, 2.75) is 0 Å². The molecule has 1 heterocycles. The highest BCUT2D eigenvalue weighted by atomic mass is 16.6. The number of rotatable bonds is 7. The third kappa shape index (κ3) is 4.01. The number of aromatic nitrogens is 2. The van der Waals surface area contributed by atoms with Gasteiger partial charge < -0.3 is 4.74 Å². The molecular weight excluding hydrogens is 408 g/mol. The molecule has 4 aromatic rings. The van der Waals surface area contributed by atoms with E-state index in [0.717, 1.165) is 0 Å². The Morgan fingerprint density at radius 1 is 1.06 bits per heavy atom. The minimum absolute atomic E-state index is 0.0456. The van der Waals surface area contributed by atoms with Gasteiger partial charge in [-0.1, -0.05) is 61.2 Å². The number of nitro benzene ring substituents is 1. The van der Waals surface area contributed by atoms with E-state index in [9.17, 15) is 14.9 Å². The van der Waals surface area contributed by atoms with Crippen LogP contribution >= 0.6 is 0 Å². The van der Waals surface area contributed by atoms with Gasteiger partial charge in [-0.05, 0) is 18.2 Å². The molecule has 4 rings (SSSR count). The van der Waals surface area contributed by atoms with Gasteiger partial charge in [0.15, 0.2) is 5.82 Å². The zero-order valence-corrected chi connectivity index (χ0v) is 16.9. The Hall–Kier alpha value is -4.59. The molecule has 158 valence electrons. The third-order valence-corrected chi connectivity index (χ3v) is 4.67. The average molecular weight is 426 g/mol. The number of hydrogen-bond donors (Lipinski definition) is 0. The van der Waals surface area contributed by atoms with E-state index in [1.165, 1.54) is 29.1 Å². The summed E-state index contributed by atoms with van der Waals surface area (Å²) in [5.41, 5.74) is 1.04. The molecule has 8 heteroatoms. The van der Waals surface area contributed by atoms with E-state index in [2.05, 4.69) is 16.7 Å². The van der Waals surface area contributed by atoms with Crippen LogP contribution in [0.5, 0.6) is 5.75 Å². The highest BCUT2D eigenvalue weighted by Crippen LogP contribution is 2.30. The van der Waals surface area contributed by atoms with Gasteiger partial charge in [-0.25, -0.2) is 4.98 Å². The third-order valence-electron chi connectivity index (χ3n) is 4.67. The first-order chi connectivity index (χ1) is 15.6. The summed E-state index contributed by atoms with van der Waals surface area (Å²) in [6.07, 6.45) is 2.85. The van der Waals surface area contributed by atoms with Crippen molar-refractivity contribution in [2.75, 3.05) is 6.61 Å². The SMILES string of the molecule is C=CCOc1c(C=Nn2c(-c3ccccc3)nc3ccccc3c2=O)cccc1[N+](=O)[O-]. The largest absolute Gasteiger partial charge is 0.482 e. The van der Waals surface area contributed by atoms with Gasteiger partial charge in [0.05, 0.1) is 22.0 Å². The molecule has 0 amide bonds. The fraction of sp³-hybridized carbons (Fsp3) is 0.0417. The molecular formula is C24H18N4O4. The van der Waals surface area contributed by atoms with Crippen molar-refractivity contribution in [3.8, 4) is 17.1 Å².